The van der Waals surface area contributed by atoms with Crippen LogP contribution in [-0.2, 0) is 16.1 Å². The largest absolute Gasteiger partial charge is 0.372 e. The summed E-state index contributed by atoms with van der Waals surface area (Å²) in [5.41, 5.74) is 2.71. The topological polar surface area (TPSA) is 56.1 Å². The standard InChI is InChI=1S/C15H17N3O2S/c1-2-20-10-14(19)16-12-5-3-4-11(8-12)13-9-18-6-7-21-15(18)17-13/h3-5,8-9H,2,6-7,10H2,1H3,(H,16,19). The van der Waals surface area contributed by atoms with Crippen LogP contribution >= 0.6 is 11.8 Å². The van der Waals surface area contributed by atoms with Gasteiger partial charge in [-0.25, -0.2) is 4.98 Å². The Bertz CT molecular complexity index is 633. The highest BCUT2D eigenvalue weighted by atomic mass is 32.2. The number of carbonyl (C=O) groups is 1. The molecule has 0 saturated carbocycles. The molecule has 21 heavy (non-hydrogen) atoms. The molecule has 5 nitrogen and oxygen atoms in total. The molecule has 1 aromatic heterocycles. The Kier molecular flexibility index (Phi) is 4.26. The van der Waals surface area contributed by atoms with E-state index in [0.717, 1.165) is 34.4 Å². The van der Waals surface area contributed by atoms with Crippen molar-refractivity contribution in [3.05, 3.63) is 30.5 Å². The molecular weight excluding hydrogens is 286 g/mol. The number of hydrogen-bond donors (Lipinski definition) is 1. The number of anilines is 1. The van der Waals surface area contributed by atoms with Gasteiger partial charge >= 0.3 is 0 Å². The van der Waals surface area contributed by atoms with Gasteiger partial charge in [0.05, 0.1) is 5.69 Å². The number of benzene rings is 1. The zero-order valence-corrected chi connectivity index (χ0v) is 12.7. The van der Waals surface area contributed by atoms with Crippen molar-refractivity contribution < 1.29 is 9.53 Å². The van der Waals surface area contributed by atoms with E-state index in [1.165, 1.54) is 0 Å². The van der Waals surface area contributed by atoms with Crippen LogP contribution in [0.25, 0.3) is 11.3 Å². The summed E-state index contributed by atoms with van der Waals surface area (Å²) >= 11 is 1.77. The monoisotopic (exact) mass is 303 g/mol. The first kappa shape index (κ1) is 14.2. The Morgan fingerprint density at radius 2 is 2.43 bits per heavy atom. The average molecular weight is 303 g/mol. The highest BCUT2D eigenvalue weighted by Gasteiger charge is 2.15. The maximum atomic E-state index is 11.7. The van der Waals surface area contributed by atoms with Crippen LogP contribution in [-0.4, -0.2) is 34.4 Å². The summed E-state index contributed by atoms with van der Waals surface area (Å²) in [7, 11) is 0. The van der Waals surface area contributed by atoms with Crippen molar-refractivity contribution in [1.29, 1.82) is 0 Å². The molecule has 1 amide bonds. The molecule has 0 aliphatic carbocycles. The third kappa shape index (κ3) is 3.28. The number of aryl methyl sites for hydroxylation is 1. The van der Waals surface area contributed by atoms with Crippen LogP contribution in [0.3, 0.4) is 0 Å². The van der Waals surface area contributed by atoms with Crippen LogP contribution in [0, 0.1) is 0 Å². The van der Waals surface area contributed by atoms with Crippen molar-refractivity contribution in [1.82, 2.24) is 9.55 Å². The lowest BCUT2D eigenvalue weighted by Gasteiger charge is -2.06. The molecule has 1 aliphatic heterocycles. The summed E-state index contributed by atoms with van der Waals surface area (Å²) in [6.07, 6.45) is 2.07. The van der Waals surface area contributed by atoms with Gasteiger partial charge in [0.2, 0.25) is 5.91 Å². The first-order chi connectivity index (χ1) is 10.3. The van der Waals surface area contributed by atoms with Gasteiger partial charge in [-0.05, 0) is 19.1 Å². The van der Waals surface area contributed by atoms with E-state index in [-0.39, 0.29) is 12.5 Å². The number of imidazole rings is 1. The molecule has 1 aliphatic rings. The number of fused-ring (bicyclic) bond motifs is 1. The Balaban J connectivity index is 1.74. The number of aromatic nitrogens is 2. The molecule has 0 atom stereocenters. The summed E-state index contributed by atoms with van der Waals surface area (Å²) in [6.45, 7) is 3.49. The fourth-order valence-electron chi connectivity index (χ4n) is 2.20. The molecule has 3 rings (SSSR count). The molecule has 2 aromatic rings. The van der Waals surface area contributed by atoms with Crippen LogP contribution in [0.4, 0.5) is 5.69 Å². The van der Waals surface area contributed by atoms with Gasteiger partial charge in [0.1, 0.15) is 6.61 Å². The normalized spacial score (nSPS) is 13.2. The number of hydrogen-bond acceptors (Lipinski definition) is 4. The molecular formula is C15H17N3O2S. The van der Waals surface area contributed by atoms with Crippen molar-refractivity contribution in [2.45, 2.75) is 18.6 Å². The summed E-state index contributed by atoms with van der Waals surface area (Å²) in [4.78, 5) is 16.3. The van der Waals surface area contributed by atoms with E-state index in [4.69, 9.17) is 4.74 Å². The molecule has 0 saturated heterocycles. The second-order valence-corrected chi connectivity index (χ2v) is 5.78. The van der Waals surface area contributed by atoms with Gasteiger partial charge in [0, 0.05) is 36.4 Å². The minimum atomic E-state index is -0.142. The quantitative estimate of drug-likeness (QED) is 0.922. The van der Waals surface area contributed by atoms with Crippen LogP contribution in [0.1, 0.15) is 6.92 Å². The molecule has 0 spiro atoms. The number of nitrogens with one attached hydrogen (secondary N) is 1. The van der Waals surface area contributed by atoms with Gasteiger partial charge in [-0.15, -0.1) is 0 Å². The number of rotatable bonds is 5. The number of amides is 1. The van der Waals surface area contributed by atoms with E-state index < -0.39 is 0 Å². The first-order valence-electron chi connectivity index (χ1n) is 6.94. The second-order valence-electron chi connectivity index (χ2n) is 4.72. The van der Waals surface area contributed by atoms with E-state index >= 15 is 0 Å². The van der Waals surface area contributed by atoms with Gasteiger partial charge in [-0.2, -0.15) is 0 Å². The average Bonchev–Trinajstić information content (AvgIpc) is 3.06. The predicted molar refractivity (Wildman–Crippen MR) is 83.5 cm³/mol. The fraction of sp³-hybridized carbons (Fsp3) is 0.333. The van der Waals surface area contributed by atoms with Crippen LogP contribution in [0.15, 0.2) is 35.6 Å². The summed E-state index contributed by atoms with van der Waals surface area (Å²) in [6, 6.07) is 7.72. The molecule has 0 fully saturated rings. The van der Waals surface area contributed by atoms with Gasteiger partial charge in [0.15, 0.2) is 5.16 Å². The molecule has 2 heterocycles. The highest BCUT2D eigenvalue weighted by molar-refractivity contribution is 7.99. The van der Waals surface area contributed by atoms with Gasteiger partial charge in [-0.3, -0.25) is 4.79 Å². The number of carbonyl (C=O) groups excluding carboxylic acids is 1. The van der Waals surface area contributed by atoms with Gasteiger partial charge in [0.25, 0.3) is 0 Å². The van der Waals surface area contributed by atoms with Crippen molar-refractivity contribution in [3.63, 3.8) is 0 Å². The van der Waals surface area contributed by atoms with Crippen LogP contribution < -0.4 is 5.32 Å². The summed E-state index contributed by atoms with van der Waals surface area (Å²) in [5, 5.41) is 3.90. The molecule has 6 heteroatoms. The van der Waals surface area contributed by atoms with Gasteiger partial charge in [-0.1, -0.05) is 23.9 Å². The smallest absolute Gasteiger partial charge is 0.250 e. The minimum absolute atomic E-state index is 0.0795. The lowest BCUT2D eigenvalue weighted by Crippen LogP contribution is -2.18. The summed E-state index contributed by atoms with van der Waals surface area (Å²) < 4.78 is 7.26. The Labute approximate surface area is 127 Å². The molecule has 0 bridgehead atoms. The number of thioether (sulfide) groups is 1. The molecule has 0 unspecified atom stereocenters. The Hall–Kier alpha value is -1.79. The summed E-state index contributed by atoms with van der Waals surface area (Å²) in [5.74, 6) is 0.952. The van der Waals surface area contributed by atoms with Crippen LogP contribution in [0.5, 0.6) is 0 Å². The molecule has 0 radical (unpaired) electrons. The zero-order chi connectivity index (χ0) is 14.7. The van der Waals surface area contributed by atoms with Crippen LogP contribution in [0.2, 0.25) is 0 Å². The Morgan fingerprint density at radius 3 is 3.24 bits per heavy atom. The van der Waals surface area contributed by atoms with Crippen molar-refractivity contribution >= 4 is 23.4 Å². The van der Waals surface area contributed by atoms with E-state index in [1.807, 2.05) is 31.2 Å². The number of nitrogens with zero attached hydrogens (tertiary/aromatic N) is 2. The third-order valence-corrected chi connectivity index (χ3v) is 4.15. The van der Waals surface area contributed by atoms with E-state index in [2.05, 4.69) is 21.1 Å². The molecule has 1 N–H and O–H groups in total. The van der Waals surface area contributed by atoms with Crippen molar-refractivity contribution in [2.24, 2.45) is 0 Å². The van der Waals surface area contributed by atoms with Crippen molar-refractivity contribution in [3.8, 4) is 11.3 Å². The van der Waals surface area contributed by atoms with Gasteiger partial charge < -0.3 is 14.6 Å². The lowest BCUT2D eigenvalue weighted by molar-refractivity contribution is -0.120. The lowest BCUT2D eigenvalue weighted by atomic mass is 10.1. The minimum Gasteiger partial charge on any atom is -0.372 e. The highest BCUT2D eigenvalue weighted by Crippen LogP contribution is 2.29. The third-order valence-electron chi connectivity index (χ3n) is 3.18. The van der Waals surface area contributed by atoms with E-state index in [0.29, 0.717) is 6.61 Å². The fourth-order valence-corrected chi connectivity index (χ4v) is 3.14. The van der Waals surface area contributed by atoms with E-state index in [1.54, 1.807) is 11.8 Å². The maximum absolute atomic E-state index is 11.7. The predicted octanol–water partition coefficient (Wildman–Crippen LogP) is 2.63. The first-order valence-corrected chi connectivity index (χ1v) is 7.93. The zero-order valence-electron chi connectivity index (χ0n) is 11.8. The number of ether oxygens (including phenoxy) is 1. The van der Waals surface area contributed by atoms with Crippen molar-refractivity contribution in [2.75, 3.05) is 24.3 Å². The Morgan fingerprint density at radius 1 is 1.52 bits per heavy atom. The molecule has 1 aromatic carbocycles. The van der Waals surface area contributed by atoms with E-state index in [9.17, 15) is 4.79 Å². The second kappa shape index (κ2) is 6.32. The SMILES string of the molecule is CCOCC(=O)Nc1cccc(-c2cn3c(n2)SCC3)c1. The molecule has 110 valence electrons. The maximum Gasteiger partial charge on any atom is 0.250 e.